The summed E-state index contributed by atoms with van der Waals surface area (Å²) in [6.07, 6.45) is 8.40. The number of nitrogens with one attached hydrogen (secondary N) is 1. The van der Waals surface area contributed by atoms with Gasteiger partial charge in [-0.05, 0) is 55.0 Å². The SMILES string of the molecule is C[C@H]1CC(Cn2ccc3cc(-c4cn[nH]c4)ccc32)CN1C(=O)CCc1ccccc1. The molecule has 0 saturated carbocycles. The second kappa shape index (κ2) is 8.42. The van der Waals surface area contributed by atoms with E-state index in [0.29, 0.717) is 18.4 Å². The molecular formula is C26H28N4O. The Balaban J connectivity index is 1.23. The zero-order valence-corrected chi connectivity index (χ0v) is 17.9. The van der Waals surface area contributed by atoms with Crippen molar-refractivity contribution in [2.24, 2.45) is 5.92 Å². The van der Waals surface area contributed by atoms with Crippen LogP contribution in [0, 0.1) is 5.92 Å². The third-order valence-electron chi connectivity index (χ3n) is 6.51. The molecule has 3 heterocycles. The van der Waals surface area contributed by atoms with Crippen molar-refractivity contribution in [3.63, 3.8) is 0 Å². The minimum absolute atomic E-state index is 0.279. The molecule has 0 spiro atoms. The van der Waals surface area contributed by atoms with Crippen molar-refractivity contribution < 1.29 is 4.79 Å². The molecule has 2 aromatic heterocycles. The normalized spacial score (nSPS) is 18.7. The van der Waals surface area contributed by atoms with E-state index in [4.69, 9.17) is 0 Å². The van der Waals surface area contributed by atoms with Crippen LogP contribution in [-0.2, 0) is 17.8 Å². The first kappa shape index (κ1) is 19.6. The summed E-state index contributed by atoms with van der Waals surface area (Å²) in [5.74, 6) is 0.765. The Hall–Kier alpha value is -3.34. The number of hydrogen-bond acceptors (Lipinski definition) is 2. The lowest BCUT2D eigenvalue weighted by Crippen LogP contribution is -2.34. The van der Waals surface area contributed by atoms with Crippen LogP contribution in [0.3, 0.4) is 0 Å². The average Bonchev–Trinajstić information content (AvgIpc) is 3.53. The van der Waals surface area contributed by atoms with Gasteiger partial charge in [-0.1, -0.05) is 36.4 Å². The van der Waals surface area contributed by atoms with Gasteiger partial charge in [-0.25, -0.2) is 0 Å². The second-order valence-electron chi connectivity index (χ2n) is 8.71. The highest BCUT2D eigenvalue weighted by Gasteiger charge is 2.32. The Morgan fingerprint density at radius 2 is 2.00 bits per heavy atom. The van der Waals surface area contributed by atoms with E-state index in [2.05, 4.69) is 69.2 Å². The fourth-order valence-corrected chi connectivity index (χ4v) is 4.89. The van der Waals surface area contributed by atoms with Gasteiger partial charge in [0.2, 0.25) is 5.91 Å². The van der Waals surface area contributed by atoms with Crippen LogP contribution < -0.4 is 0 Å². The van der Waals surface area contributed by atoms with E-state index in [1.54, 1.807) is 0 Å². The predicted octanol–water partition coefficient (Wildman–Crippen LogP) is 4.90. The van der Waals surface area contributed by atoms with E-state index >= 15 is 0 Å². The van der Waals surface area contributed by atoms with Crippen LogP contribution in [0.4, 0.5) is 0 Å². The lowest BCUT2D eigenvalue weighted by Gasteiger charge is -2.21. The third kappa shape index (κ3) is 4.13. The number of benzene rings is 2. The van der Waals surface area contributed by atoms with Gasteiger partial charge in [-0.2, -0.15) is 5.10 Å². The molecule has 1 saturated heterocycles. The molecule has 2 aromatic carbocycles. The van der Waals surface area contributed by atoms with Crippen LogP contribution >= 0.6 is 0 Å². The summed E-state index contributed by atoms with van der Waals surface area (Å²) in [4.78, 5) is 14.9. The maximum atomic E-state index is 12.9. The van der Waals surface area contributed by atoms with Gasteiger partial charge in [-0.3, -0.25) is 9.89 Å². The Morgan fingerprint density at radius 3 is 2.81 bits per heavy atom. The van der Waals surface area contributed by atoms with Crippen LogP contribution in [0.5, 0.6) is 0 Å². The van der Waals surface area contributed by atoms with Crippen molar-refractivity contribution in [3.05, 3.63) is 78.8 Å². The van der Waals surface area contributed by atoms with Gasteiger partial charge in [0.05, 0.1) is 6.20 Å². The van der Waals surface area contributed by atoms with Crippen molar-refractivity contribution in [3.8, 4) is 11.1 Å². The van der Waals surface area contributed by atoms with Crippen molar-refractivity contribution in [1.29, 1.82) is 0 Å². The summed E-state index contributed by atoms with van der Waals surface area (Å²) in [6.45, 7) is 3.98. The van der Waals surface area contributed by atoms with Crippen molar-refractivity contribution in [2.75, 3.05) is 6.54 Å². The molecule has 5 nitrogen and oxygen atoms in total. The Bertz CT molecular complexity index is 1160. The van der Waals surface area contributed by atoms with Gasteiger partial charge in [0.15, 0.2) is 0 Å². The predicted molar refractivity (Wildman–Crippen MR) is 124 cm³/mol. The quantitative estimate of drug-likeness (QED) is 0.490. The molecule has 5 rings (SSSR count). The number of hydrogen-bond donors (Lipinski definition) is 1. The molecule has 2 atom stereocenters. The van der Waals surface area contributed by atoms with Crippen molar-refractivity contribution in [1.82, 2.24) is 19.7 Å². The van der Waals surface area contributed by atoms with Crippen LogP contribution in [0.2, 0.25) is 0 Å². The molecular weight excluding hydrogens is 384 g/mol. The molecule has 1 amide bonds. The summed E-state index contributed by atoms with van der Waals surface area (Å²) in [6, 6.07) is 19.3. The lowest BCUT2D eigenvalue weighted by atomic mass is 10.1. The number of fused-ring (bicyclic) bond motifs is 1. The first-order valence-electron chi connectivity index (χ1n) is 11.1. The number of rotatable bonds is 6. The number of carbonyl (C=O) groups is 1. The monoisotopic (exact) mass is 412 g/mol. The van der Waals surface area contributed by atoms with E-state index < -0.39 is 0 Å². The first-order valence-corrected chi connectivity index (χ1v) is 11.1. The molecule has 1 aliphatic rings. The zero-order valence-electron chi connectivity index (χ0n) is 17.9. The van der Waals surface area contributed by atoms with Gasteiger partial charge in [0.25, 0.3) is 0 Å². The highest BCUT2D eigenvalue weighted by molar-refractivity contribution is 5.85. The Labute approximate surface area is 182 Å². The van der Waals surface area contributed by atoms with Gasteiger partial charge in [0, 0.05) is 54.4 Å². The zero-order chi connectivity index (χ0) is 21.2. The molecule has 1 N–H and O–H groups in total. The van der Waals surface area contributed by atoms with Crippen molar-refractivity contribution in [2.45, 2.75) is 38.8 Å². The summed E-state index contributed by atoms with van der Waals surface area (Å²) in [7, 11) is 0. The lowest BCUT2D eigenvalue weighted by molar-refractivity contribution is -0.131. The van der Waals surface area contributed by atoms with E-state index in [0.717, 1.165) is 31.5 Å². The molecule has 0 bridgehead atoms. The number of H-pyrrole nitrogens is 1. The highest BCUT2D eigenvalue weighted by atomic mass is 16.2. The number of carbonyl (C=O) groups excluding carboxylic acids is 1. The molecule has 5 heteroatoms. The number of amides is 1. The molecule has 4 aromatic rings. The van der Waals surface area contributed by atoms with E-state index in [-0.39, 0.29) is 5.91 Å². The number of nitrogens with zero attached hydrogens (tertiary/aromatic N) is 3. The standard InChI is InChI=1S/C26H28N4O/c1-19-13-21(18-30(19)26(31)10-7-20-5-3-2-4-6-20)17-29-12-11-23-14-22(8-9-25(23)29)24-15-27-28-16-24/h2-6,8-9,11-12,14-16,19,21H,7,10,13,17-18H2,1H3,(H,27,28)/t19-,21?/m0/s1. The fraction of sp³-hybridized carbons (Fsp3) is 0.308. The highest BCUT2D eigenvalue weighted by Crippen LogP contribution is 2.29. The largest absolute Gasteiger partial charge is 0.347 e. The molecule has 31 heavy (non-hydrogen) atoms. The summed E-state index contributed by atoms with van der Waals surface area (Å²) in [5.41, 5.74) is 4.74. The number of aromatic amines is 1. The van der Waals surface area contributed by atoms with Gasteiger partial charge >= 0.3 is 0 Å². The minimum Gasteiger partial charge on any atom is -0.347 e. The third-order valence-corrected chi connectivity index (χ3v) is 6.51. The molecule has 0 radical (unpaired) electrons. The number of aromatic nitrogens is 3. The van der Waals surface area contributed by atoms with Gasteiger partial charge < -0.3 is 9.47 Å². The van der Waals surface area contributed by atoms with E-state index in [1.807, 2.05) is 30.6 Å². The average molecular weight is 413 g/mol. The maximum Gasteiger partial charge on any atom is 0.223 e. The summed E-state index contributed by atoms with van der Waals surface area (Å²) < 4.78 is 2.34. The topological polar surface area (TPSA) is 53.9 Å². The number of likely N-dealkylation sites (tertiary alicyclic amines) is 1. The van der Waals surface area contributed by atoms with E-state index in [1.165, 1.54) is 22.0 Å². The Morgan fingerprint density at radius 1 is 1.13 bits per heavy atom. The second-order valence-corrected chi connectivity index (χ2v) is 8.71. The first-order chi connectivity index (χ1) is 15.2. The molecule has 1 unspecified atom stereocenters. The molecule has 1 fully saturated rings. The van der Waals surface area contributed by atoms with Crippen LogP contribution in [0.15, 0.2) is 73.2 Å². The summed E-state index contributed by atoms with van der Waals surface area (Å²) in [5, 5.41) is 8.16. The molecule has 0 aliphatic carbocycles. The smallest absolute Gasteiger partial charge is 0.223 e. The van der Waals surface area contributed by atoms with Crippen molar-refractivity contribution >= 4 is 16.8 Å². The Kier molecular flexibility index (Phi) is 5.33. The molecule has 158 valence electrons. The summed E-state index contributed by atoms with van der Waals surface area (Å²) >= 11 is 0. The minimum atomic E-state index is 0.279. The van der Waals surface area contributed by atoms with Crippen LogP contribution in [0.1, 0.15) is 25.3 Å². The van der Waals surface area contributed by atoms with Gasteiger partial charge in [0.1, 0.15) is 0 Å². The van der Waals surface area contributed by atoms with Gasteiger partial charge in [-0.15, -0.1) is 0 Å². The van der Waals surface area contributed by atoms with Crippen LogP contribution in [-0.4, -0.2) is 38.2 Å². The fourth-order valence-electron chi connectivity index (χ4n) is 4.89. The van der Waals surface area contributed by atoms with E-state index in [9.17, 15) is 4.79 Å². The maximum absolute atomic E-state index is 12.9. The van der Waals surface area contributed by atoms with Crippen LogP contribution in [0.25, 0.3) is 22.0 Å². The number of aryl methyl sites for hydroxylation is 1. The molecule has 1 aliphatic heterocycles.